The van der Waals surface area contributed by atoms with E-state index in [1.807, 2.05) is 13.0 Å². The molecule has 0 bridgehead atoms. The second-order valence-electron chi connectivity index (χ2n) is 5.44. The molecule has 0 fully saturated rings. The molecule has 0 atom stereocenters. The lowest BCUT2D eigenvalue weighted by Gasteiger charge is -2.20. The first kappa shape index (κ1) is 11.9. The first-order valence-corrected chi connectivity index (χ1v) is 5.80. The van der Waals surface area contributed by atoms with E-state index in [9.17, 15) is 0 Å². The number of fused-ring (bicyclic) bond motifs is 1. The van der Waals surface area contributed by atoms with Crippen LogP contribution in [-0.4, -0.2) is 4.98 Å². The topological polar surface area (TPSA) is 50.9 Å². The van der Waals surface area contributed by atoms with E-state index < -0.39 is 0 Å². The van der Waals surface area contributed by atoms with E-state index >= 15 is 0 Å². The molecule has 0 aliphatic heterocycles. The summed E-state index contributed by atoms with van der Waals surface area (Å²) in [5.74, 6) is 5.57. The predicted octanol–water partition coefficient (Wildman–Crippen LogP) is 3.13. The summed E-state index contributed by atoms with van der Waals surface area (Å²) in [6.07, 6.45) is 0. The maximum Gasteiger partial charge on any atom is 0.0726 e. The summed E-state index contributed by atoms with van der Waals surface area (Å²) in [5.41, 5.74) is 7.04. The van der Waals surface area contributed by atoms with Gasteiger partial charge in [-0.05, 0) is 36.1 Å². The van der Waals surface area contributed by atoms with Crippen molar-refractivity contribution in [1.29, 1.82) is 0 Å². The van der Waals surface area contributed by atoms with E-state index in [1.165, 1.54) is 5.56 Å². The van der Waals surface area contributed by atoms with E-state index in [-0.39, 0.29) is 5.41 Å². The number of nitrogens with two attached hydrogens (primary N) is 1. The number of nitrogen functional groups attached to an aromatic ring is 1. The lowest BCUT2D eigenvalue weighted by atomic mass is 9.86. The Morgan fingerprint density at radius 3 is 2.47 bits per heavy atom. The minimum Gasteiger partial charge on any atom is -0.323 e. The van der Waals surface area contributed by atoms with Crippen LogP contribution in [0.3, 0.4) is 0 Å². The third-order valence-corrected chi connectivity index (χ3v) is 2.96. The van der Waals surface area contributed by atoms with Crippen molar-refractivity contribution in [3.05, 3.63) is 35.5 Å². The van der Waals surface area contributed by atoms with Gasteiger partial charge in [0, 0.05) is 11.1 Å². The van der Waals surface area contributed by atoms with E-state index in [2.05, 4.69) is 49.4 Å². The molecule has 17 heavy (non-hydrogen) atoms. The summed E-state index contributed by atoms with van der Waals surface area (Å²) in [6.45, 7) is 8.57. The van der Waals surface area contributed by atoms with Crippen molar-refractivity contribution < 1.29 is 0 Å². The van der Waals surface area contributed by atoms with Crippen molar-refractivity contribution in [3.8, 4) is 0 Å². The number of hydrogen-bond acceptors (Lipinski definition) is 3. The van der Waals surface area contributed by atoms with E-state index in [1.54, 1.807) is 0 Å². The van der Waals surface area contributed by atoms with Crippen LogP contribution < -0.4 is 11.3 Å². The van der Waals surface area contributed by atoms with Gasteiger partial charge in [-0.2, -0.15) is 0 Å². The van der Waals surface area contributed by atoms with Crippen molar-refractivity contribution in [2.45, 2.75) is 33.1 Å². The number of rotatable bonds is 1. The maximum absolute atomic E-state index is 5.57. The molecule has 0 spiro atoms. The Labute approximate surface area is 102 Å². The van der Waals surface area contributed by atoms with Gasteiger partial charge in [0.25, 0.3) is 0 Å². The smallest absolute Gasteiger partial charge is 0.0726 e. The minimum atomic E-state index is 0.130. The molecular formula is C14H19N3. The Hall–Kier alpha value is -1.61. The van der Waals surface area contributed by atoms with Crippen LogP contribution in [0.5, 0.6) is 0 Å². The van der Waals surface area contributed by atoms with Gasteiger partial charge in [-0.25, -0.2) is 0 Å². The second-order valence-corrected chi connectivity index (χ2v) is 5.44. The Morgan fingerprint density at radius 1 is 1.18 bits per heavy atom. The molecule has 3 N–H and O–H groups in total. The van der Waals surface area contributed by atoms with Crippen LogP contribution in [0, 0.1) is 6.92 Å². The van der Waals surface area contributed by atoms with Crippen molar-refractivity contribution in [3.63, 3.8) is 0 Å². The largest absolute Gasteiger partial charge is 0.323 e. The van der Waals surface area contributed by atoms with Crippen molar-refractivity contribution in [2.75, 3.05) is 5.43 Å². The maximum atomic E-state index is 5.57. The molecule has 1 aromatic heterocycles. The van der Waals surface area contributed by atoms with Crippen LogP contribution in [0.1, 0.15) is 32.0 Å². The average Bonchev–Trinajstić information content (AvgIpc) is 2.25. The molecular weight excluding hydrogens is 210 g/mol. The molecule has 1 heterocycles. The van der Waals surface area contributed by atoms with Crippen molar-refractivity contribution in [1.82, 2.24) is 4.98 Å². The van der Waals surface area contributed by atoms with Crippen LogP contribution in [-0.2, 0) is 5.41 Å². The average molecular weight is 229 g/mol. The quantitative estimate of drug-likeness (QED) is 0.583. The van der Waals surface area contributed by atoms with Gasteiger partial charge >= 0.3 is 0 Å². The summed E-state index contributed by atoms with van der Waals surface area (Å²) in [5, 5.41) is 1.07. The SMILES string of the molecule is Cc1cc(NN)c2cc(C(C)(C)C)ccc2n1. The Bertz CT molecular complexity index is 553. The van der Waals surface area contributed by atoms with Crippen LogP contribution in [0.15, 0.2) is 24.3 Å². The zero-order chi connectivity index (χ0) is 12.6. The number of hydrazine groups is 1. The number of nitrogens with zero attached hydrogens (tertiary/aromatic N) is 1. The predicted molar refractivity (Wildman–Crippen MR) is 73.0 cm³/mol. The number of pyridine rings is 1. The summed E-state index contributed by atoms with van der Waals surface area (Å²) in [7, 11) is 0. The van der Waals surface area contributed by atoms with E-state index in [0.717, 1.165) is 22.3 Å². The molecule has 90 valence electrons. The van der Waals surface area contributed by atoms with Crippen LogP contribution in [0.25, 0.3) is 10.9 Å². The fourth-order valence-corrected chi connectivity index (χ4v) is 1.94. The summed E-state index contributed by atoms with van der Waals surface area (Å²) >= 11 is 0. The standard InChI is InChI=1S/C14H19N3/c1-9-7-13(17-15)11-8-10(14(2,3)4)5-6-12(11)16-9/h5-8H,15H2,1-4H3,(H,16,17). The highest BCUT2D eigenvalue weighted by atomic mass is 15.2. The molecule has 1 aromatic carbocycles. The highest BCUT2D eigenvalue weighted by molar-refractivity contribution is 5.91. The molecule has 3 nitrogen and oxygen atoms in total. The van der Waals surface area contributed by atoms with Crippen molar-refractivity contribution in [2.24, 2.45) is 5.84 Å². The second kappa shape index (κ2) is 4.00. The van der Waals surface area contributed by atoms with Gasteiger partial charge in [-0.15, -0.1) is 0 Å². The van der Waals surface area contributed by atoms with Gasteiger partial charge in [0.1, 0.15) is 0 Å². The van der Waals surface area contributed by atoms with Gasteiger partial charge in [-0.3, -0.25) is 10.8 Å². The van der Waals surface area contributed by atoms with Crippen molar-refractivity contribution >= 4 is 16.6 Å². The monoisotopic (exact) mass is 229 g/mol. The Balaban J connectivity index is 2.72. The molecule has 2 aromatic rings. The molecule has 0 saturated carbocycles. The van der Waals surface area contributed by atoms with Gasteiger partial charge < -0.3 is 5.43 Å². The molecule has 3 heteroatoms. The zero-order valence-corrected chi connectivity index (χ0v) is 10.8. The molecule has 0 unspecified atom stereocenters. The third kappa shape index (κ3) is 2.24. The Morgan fingerprint density at radius 2 is 1.88 bits per heavy atom. The molecule has 2 rings (SSSR count). The molecule has 0 saturated heterocycles. The first-order chi connectivity index (χ1) is 7.91. The number of nitrogens with one attached hydrogen (secondary N) is 1. The molecule has 0 aliphatic carbocycles. The van der Waals surface area contributed by atoms with Crippen LogP contribution >= 0.6 is 0 Å². The number of benzene rings is 1. The first-order valence-electron chi connectivity index (χ1n) is 5.80. The fourth-order valence-electron chi connectivity index (χ4n) is 1.94. The molecule has 0 aliphatic rings. The van der Waals surface area contributed by atoms with Gasteiger partial charge in [0.05, 0.1) is 11.2 Å². The lowest BCUT2D eigenvalue weighted by molar-refractivity contribution is 0.591. The number of aromatic nitrogens is 1. The number of aryl methyl sites for hydroxylation is 1. The highest BCUT2D eigenvalue weighted by Gasteiger charge is 2.15. The zero-order valence-electron chi connectivity index (χ0n) is 10.8. The number of anilines is 1. The van der Waals surface area contributed by atoms with E-state index in [0.29, 0.717) is 0 Å². The van der Waals surface area contributed by atoms with Gasteiger partial charge in [-0.1, -0.05) is 26.8 Å². The molecule has 0 radical (unpaired) electrons. The van der Waals surface area contributed by atoms with E-state index in [4.69, 9.17) is 5.84 Å². The summed E-state index contributed by atoms with van der Waals surface area (Å²) in [6, 6.07) is 8.32. The lowest BCUT2D eigenvalue weighted by Crippen LogP contribution is -2.12. The summed E-state index contributed by atoms with van der Waals surface area (Å²) < 4.78 is 0. The van der Waals surface area contributed by atoms with Gasteiger partial charge in [0.15, 0.2) is 0 Å². The number of hydrogen-bond donors (Lipinski definition) is 2. The summed E-state index contributed by atoms with van der Waals surface area (Å²) in [4.78, 5) is 4.51. The minimum absolute atomic E-state index is 0.130. The van der Waals surface area contributed by atoms with Gasteiger partial charge in [0.2, 0.25) is 0 Å². The highest BCUT2D eigenvalue weighted by Crippen LogP contribution is 2.29. The molecule has 0 amide bonds. The third-order valence-electron chi connectivity index (χ3n) is 2.96. The Kier molecular flexibility index (Phi) is 2.79. The fraction of sp³-hybridized carbons (Fsp3) is 0.357. The normalized spacial score (nSPS) is 11.8. The van der Waals surface area contributed by atoms with Crippen LogP contribution in [0.2, 0.25) is 0 Å². The van der Waals surface area contributed by atoms with Crippen LogP contribution in [0.4, 0.5) is 5.69 Å².